The van der Waals surface area contributed by atoms with E-state index < -0.39 is 0 Å². The van der Waals surface area contributed by atoms with Gasteiger partial charge in [-0.25, -0.2) is 0 Å². The fourth-order valence-electron chi connectivity index (χ4n) is 2.40. The standard InChI is InChI=1S/C14H16N2/c1-14(2)13-8-5-9-16(13)12-7-4-3-6-11(12)10-15-14/h3-9,15H,10H2,1-2H3. The minimum absolute atomic E-state index is 0.0164. The molecule has 0 fully saturated rings. The topological polar surface area (TPSA) is 17.0 Å². The summed E-state index contributed by atoms with van der Waals surface area (Å²) < 4.78 is 2.29. The predicted octanol–water partition coefficient (Wildman–Crippen LogP) is 2.82. The molecular formula is C14H16N2. The summed E-state index contributed by atoms with van der Waals surface area (Å²) in [5.74, 6) is 0. The number of hydrogen-bond acceptors (Lipinski definition) is 1. The first kappa shape index (κ1) is 9.67. The number of nitrogens with zero attached hydrogens (tertiary/aromatic N) is 1. The maximum atomic E-state index is 3.60. The van der Waals surface area contributed by atoms with Crippen LogP contribution < -0.4 is 5.32 Å². The molecule has 1 N–H and O–H groups in total. The van der Waals surface area contributed by atoms with Crippen molar-refractivity contribution in [2.24, 2.45) is 0 Å². The molecule has 1 aliphatic rings. The lowest BCUT2D eigenvalue weighted by atomic mass is 10.0. The molecule has 0 unspecified atom stereocenters. The Kier molecular flexibility index (Phi) is 1.95. The van der Waals surface area contributed by atoms with Crippen LogP contribution in [0.3, 0.4) is 0 Å². The van der Waals surface area contributed by atoms with Gasteiger partial charge in [0.1, 0.15) is 0 Å². The fourth-order valence-corrected chi connectivity index (χ4v) is 2.40. The fraction of sp³-hybridized carbons (Fsp3) is 0.286. The third-order valence-electron chi connectivity index (χ3n) is 3.36. The molecule has 1 aliphatic heterocycles. The Labute approximate surface area is 95.9 Å². The first-order valence-corrected chi connectivity index (χ1v) is 5.70. The third kappa shape index (κ3) is 1.30. The number of hydrogen-bond donors (Lipinski definition) is 1. The van der Waals surface area contributed by atoms with E-state index in [1.165, 1.54) is 16.9 Å². The Hall–Kier alpha value is -1.54. The van der Waals surface area contributed by atoms with Crippen molar-refractivity contribution in [3.8, 4) is 5.69 Å². The average Bonchev–Trinajstić information content (AvgIpc) is 2.73. The smallest absolute Gasteiger partial charge is 0.0537 e. The highest BCUT2D eigenvalue weighted by molar-refractivity contribution is 5.45. The highest BCUT2D eigenvalue weighted by Gasteiger charge is 2.27. The molecule has 2 heterocycles. The number of nitrogens with one attached hydrogen (secondary N) is 1. The molecule has 0 spiro atoms. The monoisotopic (exact) mass is 212 g/mol. The van der Waals surface area contributed by atoms with E-state index in [4.69, 9.17) is 0 Å². The van der Waals surface area contributed by atoms with Crippen molar-refractivity contribution in [2.75, 3.05) is 0 Å². The first-order chi connectivity index (χ1) is 7.68. The molecule has 0 radical (unpaired) electrons. The second-order valence-electron chi connectivity index (χ2n) is 4.87. The summed E-state index contributed by atoms with van der Waals surface area (Å²) in [5.41, 5.74) is 3.98. The zero-order chi connectivity index (χ0) is 11.2. The third-order valence-corrected chi connectivity index (χ3v) is 3.36. The molecule has 0 saturated carbocycles. The zero-order valence-electron chi connectivity index (χ0n) is 9.70. The van der Waals surface area contributed by atoms with Crippen LogP contribution in [0.1, 0.15) is 25.1 Å². The lowest BCUT2D eigenvalue weighted by Gasteiger charge is -2.25. The van der Waals surface area contributed by atoms with Gasteiger partial charge < -0.3 is 9.88 Å². The zero-order valence-corrected chi connectivity index (χ0v) is 9.70. The Bertz CT molecular complexity index is 523. The van der Waals surface area contributed by atoms with Crippen molar-refractivity contribution >= 4 is 0 Å². The number of para-hydroxylation sites is 1. The maximum Gasteiger partial charge on any atom is 0.0537 e. The van der Waals surface area contributed by atoms with Crippen LogP contribution in [0.2, 0.25) is 0 Å². The molecule has 16 heavy (non-hydrogen) atoms. The second-order valence-corrected chi connectivity index (χ2v) is 4.87. The summed E-state index contributed by atoms with van der Waals surface area (Å²) in [4.78, 5) is 0. The van der Waals surface area contributed by atoms with Gasteiger partial charge in [-0.15, -0.1) is 0 Å². The summed E-state index contributed by atoms with van der Waals surface area (Å²) in [6.45, 7) is 5.38. The molecular weight excluding hydrogens is 196 g/mol. The van der Waals surface area contributed by atoms with Gasteiger partial charge in [-0.1, -0.05) is 18.2 Å². The van der Waals surface area contributed by atoms with Crippen LogP contribution in [0.4, 0.5) is 0 Å². The van der Waals surface area contributed by atoms with Crippen molar-refractivity contribution in [1.82, 2.24) is 9.88 Å². The van der Waals surface area contributed by atoms with E-state index in [0.717, 1.165) is 6.54 Å². The molecule has 2 nitrogen and oxygen atoms in total. The minimum atomic E-state index is 0.0164. The lowest BCUT2D eigenvalue weighted by molar-refractivity contribution is 0.394. The molecule has 2 aromatic rings. The molecule has 1 aromatic heterocycles. The minimum Gasteiger partial charge on any atom is -0.319 e. The Morgan fingerprint density at radius 3 is 2.81 bits per heavy atom. The van der Waals surface area contributed by atoms with Gasteiger partial charge in [0.15, 0.2) is 0 Å². The number of rotatable bonds is 0. The van der Waals surface area contributed by atoms with Crippen molar-refractivity contribution < 1.29 is 0 Å². The van der Waals surface area contributed by atoms with Crippen molar-refractivity contribution in [2.45, 2.75) is 25.9 Å². The van der Waals surface area contributed by atoms with Crippen LogP contribution in [0, 0.1) is 0 Å². The van der Waals surface area contributed by atoms with Gasteiger partial charge in [0.05, 0.1) is 5.54 Å². The molecule has 82 valence electrons. The number of fused-ring (bicyclic) bond motifs is 3. The van der Waals surface area contributed by atoms with E-state index in [1.807, 2.05) is 0 Å². The second kappa shape index (κ2) is 3.22. The molecule has 0 bridgehead atoms. The van der Waals surface area contributed by atoms with Gasteiger partial charge in [0.2, 0.25) is 0 Å². The number of benzene rings is 1. The number of aromatic nitrogens is 1. The van der Waals surface area contributed by atoms with Gasteiger partial charge >= 0.3 is 0 Å². The van der Waals surface area contributed by atoms with E-state index in [2.05, 4.69) is 66.3 Å². The van der Waals surface area contributed by atoms with E-state index >= 15 is 0 Å². The highest BCUT2D eigenvalue weighted by atomic mass is 15.1. The van der Waals surface area contributed by atoms with Gasteiger partial charge in [-0.05, 0) is 37.6 Å². The molecule has 0 atom stereocenters. The lowest BCUT2D eigenvalue weighted by Crippen LogP contribution is -2.35. The van der Waals surface area contributed by atoms with Gasteiger partial charge in [0, 0.05) is 24.1 Å². The van der Waals surface area contributed by atoms with Crippen molar-refractivity contribution in [3.63, 3.8) is 0 Å². The quantitative estimate of drug-likeness (QED) is 0.710. The van der Waals surface area contributed by atoms with Gasteiger partial charge in [-0.3, -0.25) is 0 Å². The normalized spacial score (nSPS) is 17.4. The summed E-state index contributed by atoms with van der Waals surface area (Å²) in [6, 6.07) is 12.9. The predicted molar refractivity (Wildman–Crippen MR) is 65.6 cm³/mol. The summed E-state index contributed by atoms with van der Waals surface area (Å²) in [7, 11) is 0. The van der Waals surface area contributed by atoms with Gasteiger partial charge in [0.25, 0.3) is 0 Å². The van der Waals surface area contributed by atoms with Crippen LogP contribution >= 0.6 is 0 Å². The highest BCUT2D eigenvalue weighted by Crippen LogP contribution is 2.29. The first-order valence-electron chi connectivity index (χ1n) is 5.70. The average molecular weight is 212 g/mol. The van der Waals surface area contributed by atoms with E-state index in [9.17, 15) is 0 Å². The molecule has 0 aliphatic carbocycles. The largest absolute Gasteiger partial charge is 0.319 e. The SMILES string of the molecule is CC1(C)NCc2ccccc2-n2cccc21. The molecule has 1 aromatic carbocycles. The van der Waals surface area contributed by atoms with Crippen molar-refractivity contribution in [3.05, 3.63) is 53.9 Å². The van der Waals surface area contributed by atoms with Crippen LogP contribution in [0.5, 0.6) is 0 Å². The van der Waals surface area contributed by atoms with Crippen LogP contribution in [0.25, 0.3) is 5.69 Å². The molecule has 0 saturated heterocycles. The Balaban J connectivity index is 2.28. The van der Waals surface area contributed by atoms with Crippen LogP contribution in [-0.4, -0.2) is 4.57 Å². The van der Waals surface area contributed by atoms with Crippen LogP contribution in [0.15, 0.2) is 42.6 Å². The van der Waals surface area contributed by atoms with Gasteiger partial charge in [-0.2, -0.15) is 0 Å². The van der Waals surface area contributed by atoms with E-state index in [0.29, 0.717) is 0 Å². The summed E-state index contributed by atoms with van der Waals surface area (Å²) in [5, 5.41) is 3.60. The maximum absolute atomic E-state index is 3.60. The molecule has 0 amide bonds. The Morgan fingerprint density at radius 2 is 1.94 bits per heavy atom. The molecule has 2 heteroatoms. The van der Waals surface area contributed by atoms with Crippen LogP contribution in [-0.2, 0) is 12.1 Å². The Morgan fingerprint density at radius 1 is 1.12 bits per heavy atom. The van der Waals surface area contributed by atoms with E-state index in [-0.39, 0.29) is 5.54 Å². The molecule has 3 rings (SSSR count). The van der Waals surface area contributed by atoms with Crippen molar-refractivity contribution in [1.29, 1.82) is 0 Å². The summed E-state index contributed by atoms with van der Waals surface area (Å²) >= 11 is 0. The summed E-state index contributed by atoms with van der Waals surface area (Å²) in [6.07, 6.45) is 2.14. The van der Waals surface area contributed by atoms with E-state index in [1.54, 1.807) is 0 Å².